The molecule has 1 amide bonds. The van der Waals surface area contributed by atoms with Crippen LogP contribution in [0.15, 0.2) is 53.6 Å². The van der Waals surface area contributed by atoms with Gasteiger partial charge < -0.3 is 0 Å². The Kier molecular flexibility index (Phi) is 6.77. The number of hydrogen-bond acceptors (Lipinski definition) is 3. The molecule has 0 fully saturated rings. The van der Waals surface area contributed by atoms with Gasteiger partial charge in [-0.1, -0.05) is 53.5 Å². The third-order valence-corrected chi connectivity index (χ3v) is 4.27. The normalized spacial score (nSPS) is 10.8. The van der Waals surface area contributed by atoms with Crippen molar-refractivity contribution in [1.29, 1.82) is 0 Å². The number of carbonyl (C=O) groups is 1. The Balaban J connectivity index is 1.73. The summed E-state index contributed by atoms with van der Waals surface area (Å²) in [4.78, 5) is 11.7. The van der Waals surface area contributed by atoms with Gasteiger partial charge in [0.25, 0.3) is 0 Å². The molecular weight excluding hydrogens is 339 g/mol. The number of amides is 1. The quantitative estimate of drug-likeness (QED) is 0.619. The number of nitrogens with zero attached hydrogens (tertiary/aromatic N) is 1. The molecule has 0 aliphatic carbocycles. The topological polar surface area (TPSA) is 41.5 Å². The average molecular weight is 353 g/mol. The smallest absolute Gasteiger partial charge is 0.250 e. The first-order valence-corrected chi connectivity index (χ1v) is 8.45. The van der Waals surface area contributed by atoms with Gasteiger partial charge in [0.2, 0.25) is 5.91 Å². The van der Waals surface area contributed by atoms with Crippen LogP contribution in [0.2, 0.25) is 10.0 Å². The molecular formula is C16H14Cl2N2OS. The Labute approximate surface area is 143 Å². The minimum atomic E-state index is -0.157. The molecule has 2 aromatic carbocycles. The van der Waals surface area contributed by atoms with Crippen LogP contribution in [0.5, 0.6) is 0 Å². The molecule has 0 aromatic heterocycles. The van der Waals surface area contributed by atoms with Gasteiger partial charge in [-0.15, -0.1) is 11.8 Å². The monoisotopic (exact) mass is 352 g/mol. The highest BCUT2D eigenvalue weighted by atomic mass is 35.5. The Morgan fingerprint density at radius 1 is 1.18 bits per heavy atom. The van der Waals surface area contributed by atoms with E-state index in [9.17, 15) is 4.79 Å². The number of carbonyl (C=O) groups excluding carboxylic acids is 1. The Bertz CT molecular complexity index is 677. The van der Waals surface area contributed by atoms with Crippen molar-refractivity contribution in [2.45, 2.75) is 5.75 Å². The first-order valence-electron chi connectivity index (χ1n) is 6.54. The van der Waals surface area contributed by atoms with Crippen LogP contribution in [0, 0.1) is 0 Å². The van der Waals surface area contributed by atoms with Crippen LogP contribution in [0.4, 0.5) is 0 Å². The summed E-state index contributed by atoms with van der Waals surface area (Å²) < 4.78 is 0. The molecule has 0 radical (unpaired) electrons. The SMILES string of the molecule is O=C(CSCc1cccc(Cl)c1)N/N=C\c1ccccc1Cl. The maximum atomic E-state index is 11.7. The van der Waals surface area contributed by atoms with Gasteiger partial charge in [0.05, 0.1) is 12.0 Å². The number of nitrogens with one attached hydrogen (secondary N) is 1. The summed E-state index contributed by atoms with van der Waals surface area (Å²) in [7, 11) is 0. The molecule has 22 heavy (non-hydrogen) atoms. The number of rotatable bonds is 6. The summed E-state index contributed by atoms with van der Waals surface area (Å²) in [5.41, 5.74) is 4.33. The number of hydrazone groups is 1. The van der Waals surface area contributed by atoms with E-state index in [1.54, 1.807) is 6.07 Å². The van der Waals surface area contributed by atoms with Crippen LogP contribution in [0.25, 0.3) is 0 Å². The van der Waals surface area contributed by atoms with Gasteiger partial charge in [-0.2, -0.15) is 5.10 Å². The molecule has 0 aliphatic heterocycles. The van der Waals surface area contributed by atoms with Gasteiger partial charge in [-0.25, -0.2) is 5.43 Å². The van der Waals surface area contributed by atoms with Crippen molar-refractivity contribution in [3.8, 4) is 0 Å². The standard InChI is InChI=1S/C16H14Cl2N2OS/c17-14-6-3-4-12(8-14)10-22-11-16(21)20-19-9-13-5-1-2-7-15(13)18/h1-9H,10-11H2,(H,20,21)/b19-9-. The highest BCUT2D eigenvalue weighted by molar-refractivity contribution is 7.99. The molecule has 0 aliphatic rings. The van der Waals surface area contributed by atoms with E-state index >= 15 is 0 Å². The fraction of sp³-hybridized carbons (Fsp3) is 0.125. The lowest BCUT2D eigenvalue weighted by Gasteiger charge is -2.02. The molecule has 0 unspecified atom stereocenters. The summed E-state index contributed by atoms with van der Waals surface area (Å²) in [6.45, 7) is 0. The second-order valence-corrected chi connectivity index (χ2v) is 6.27. The van der Waals surface area contributed by atoms with E-state index in [0.29, 0.717) is 15.8 Å². The van der Waals surface area contributed by atoms with Crippen LogP contribution in [0.3, 0.4) is 0 Å². The molecule has 114 valence electrons. The first-order chi connectivity index (χ1) is 10.6. The van der Waals surface area contributed by atoms with Gasteiger partial charge in [-0.3, -0.25) is 4.79 Å². The summed E-state index contributed by atoms with van der Waals surface area (Å²) in [5, 5.41) is 5.19. The molecule has 6 heteroatoms. The molecule has 0 heterocycles. The molecule has 0 bridgehead atoms. The molecule has 1 N–H and O–H groups in total. The van der Waals surface area contributed by atoms with Crippen molar-refractivity contribution in [1.82, 2.24) is 5.43 Å². The highest BCUT2D eigenvalue weighted by Gasteiger charge is 2.01. The zero-order valence-electron chi connectivity index (χ0n) is 11.6. The summed E-state index contributed by atoms with van der Waals surface area (Å²) in [6, 6.07) is 14.9. The predicted molar refractivity (Wildman–Crippen MR) is 94.8 cm³/mol. The lowest BCUT2D eigenvalue weighted by molar-refractivity contribution is -0.118. The van der Waals surface area contributed by atoms with E-state index in [-0.39, 0.29) is 5.91 Å². The first kappa shape index (κ1) is 16.9. The van der Waals surface area contributed by atoms with Crippen LogP contribution in [-0.4, -0.2) is 17.9 Å². The molecule has 0 spiro atoms. The van der Waals surface area contributed by atoms with Crippen LogP contribution in [0.1, 0.15) is 11.1 Å². The fourth-order valence-electron chi connectivity index (χ4n) is 1.67. The van der Waals surface area contributed by atoms with Gasteiger partial charge in [0, 0.05) is 21.4 Å². The van der Waals surface area contributed by atoms with Crippen LogP contribution >= 0.6 is 35.0 Å². The lowest BCUT2D eigenvalue weighted by atomic mass is 10.2. The zero-order valence-corrected chi connectivity index (χ0v) is 14.0. The van der Waals surface area contributed by atoms with Gasteiger partial charge in [0.1, 0.15) is 0 Å². The van der Waals surface area contributed by atoms with Gasteiger partial charge in [0.15, 0.2) is 0 Å². The fourth-order valence-corrected chi connectivity index (χ4v) is 2.84. The van der Waals surface area contributed by atoms with E-state index in [0.717, 1.165) is 16.9 Å². The zero-order chi connectivity index (χ0) is 15.8. The van der Waals surface area contributed by atoms with Crippen molar-refractivity contribution >= 4 is 47.1 Å². The van der Waals surface area contributed by atoms with Crippen molar-refractivity contribution < 1.29 is 4.79 Å². The third kappa shape index (κ3) is 5.72. The van der Waals surface area contributed by atoms with E-state index in [1.807, 2.05) is 42.5 Å². The summed E-state index contributed by atoms with van der Waals surface area (Å²) >= 11 is 13.4. The minimum absolute atomic E-state index is 0.157. The van der Waals surface area contributed by atoms with E-state index in [1.165, 1.54) is 18.0 Å². The largest absolute Gasteiger partial charge is 0.272 e. The average Bonchev–Trinajstić information content (AvgIpc) is 2.49. The maximum Gasteiger partial charge on any atom is 0.250 e. The lowest BCUT2D eigenvalue weighted by Crippen LogP contribution is -2.19. The highest BCUT2D eigenvalue weighted by Crippen LogP contribution is 2.16. The van der Waals surface area contributed by atoms with Crippen molar-refractivity contribution in [2.24, 2.45) is 5.10 Å². The Morgan fingerprint density at radius 2 is 2.00 bits per heavy atom. The molecule has 0 atom stereocenters. The second-order valence-electron chi connectivity index (χ2n) is 4.44. The van der Waals surface area contributed by atoms with E-state index in [4.69, 9.17) is 23.2 Å². The van der Waals surface area contributed by atoms with Crippen LogP contribution in [-0.2, 0) is 10.5 Å². The molecule has 2 aromatic rings. The van der Waals surface area contributed by atoms with Crippen molar-refractivity contribution in [3.63, 3.8) is 0 Å². The van der Waals surface area contributed by atoms with Crippen molar-refractivity contribution in [3.05, 3.63) is 69.7 Å². The number of hydrogen-bond donors (Lipinski definition) is 1. The van der Waals surface area contributed by atoms with E-state index < -0.39 is 0 Å². The van der Waals surface area contributed by atoms with Gasteiger partial charge in [-0.05, 0) is 23.8 Å². The Morgan fingerprint density at radius 3 is 2.77 bits per heavy atom. The summed E-state index contributed by atoms with van der Waals surface area (Å²) in [6.07, 6.45) is 1.53. The summed E-state index contributed by atoms with van der Waals surface area (Å²) in [5.74, 6) is 0.893. The van der Waals surface area contributed by atoms with Gasteiger partial charge >= 0.3 is 0 Å². The molecule has 2 rings (SSSR count). The Hall–Kier alpha value is -1.49. The van der Waals surface area contributed by atoms with Crippen molar-refractivity contribution in [2.75, 3.05) is 5.75 Å². The molecule has 3 nitrogen and oxygen atoms in total. The third-order valence-electron chi connectivity index (χ3n) is 2.69. The van der Waals surface area contributed by atoms with Crippen LogP contribution < -0.4 is 5.43 Å². The minimum Gasteiger partial charge on any atom is -0.272 e. The second kappa shape index (κ2) is 8.83. The van der Waals surface area contributed by atoms with E-state index in [2.05, 4.69) is 10.5 Å². The molecule has 0 saturated heterocycles. The number of benzene rings is 2. The number of halogens is 2. The number of thioether (sulfide) groups is 1. The predicted octanol–water partition coefficient (Wildman–Crippen LogP) is 4.38. The maximum absolute atomic E-state index is 11.7. The molecule has 0 saturated carbocycles.